The monoisotopic (exact) mass is 453 g/mol. The third-order valence-corrected chi connectivity index (χ3v) is 6.78. The van der Waals surface area contributed by atoms with E-state index in [-0.39, 0.29) is 11.9 Å². The van der Waals surface area contributed by atoms with Crippen molar-refractivity contribution in [1.82, 2.24) is 10.2 Å². The highest BCUT2D eigenvalue weighted by Gasteiger charge is 2.58. The zero-order chi connectivity index (χ0) is 23.0. The number of rotatable bonds is 6. The highest BCUT2D eigenvalue weighted by Crippen LogP contribution is 2.48. The molecule has 2 aromatic carbocycles. The molecule has 3 atom stereocenters. The number of ether oxygens (including phenoxy) is 2. The van der Waals surface area contributed by atoms with Crippen LogP contribution in [0.4, 0.5) is 5.69 Å². The Labute approximate surface area is 195 Å². The summed E-state index contributed by atoms with van der Waals surface area (Å²) in [4.78, 5) is 15.8. The van der Waals surface area contributed by atoms with Crippen molar-refractivity contribution in [2.75, 3.05) is 25.6 Å². The summed E-state index contributed by atoms with van der Waals surface area (Å²) < 4.78 is 11.8. The Morgan fingerprint density at radius 2 is 1.94 bits per heavy atom. The first-order chi connectivity index (χ1) is 15.2. The summed E-state index contributed by atoms with van der Waals surface area (Å²) in [7, 11) is 1.68. The van der Waals surface area contributed by atoms with E-state index in [0.29, 0.717) is 18.3 Å². The standard InChI is InChI=1S/C25H31N3O3S/c1-15-7-9-19(17(3)13-15)26-23(29)21-22-18-14-16(2)8-10-20(18)31-25(21,4)28(24(32)27-22)11-6-12-30-5/h7-10,13-14,21-22H,6,11-12H2,1-5H3,(H,26,29)(H,27,32)/t21-,22-,25-/m0/s1. The predicted octanol–water partition coefficient (Wildman–Crippen LogP) is 4.24. The average Bonchev–Trinajstić information content (AvgIpc) is 2.73. The topological polar surface area (TPSA) is 62.8 Å². The number of hydrogen-bond acceptors (Lipinski definition) is 4. The Balaban J connectivity index is 1.74. The van der Waals surface area contributed by atoms with Gasteiger partial charge in [-0.2, -0.15) is 0 Å². The molecule has 2 heterocycles. The lowest BCUT2D eigenvalue weighted by Crippen LogP contribution is -2.71. The fourth-order valence-corrected chi connectivity index (χ4v) is 5.22. The maximum Gasteiger partial charge on any atom is 0.236 e. The second-order valence-electron chi connectivity index (χ2n) is 8.91. The first kappa shape index (κ1) is 22.6. The van der Waals surface area contributed by atoms with Crippen LogP contribution in [0.3, 0.4) is 0 Å². The molecule has 2 aromatic rings. The number of nitrogens with zero attached hydrogens (tertiary/aromatic N) is 1. The number of fused-ring (bicyclic) bond motifs is 4. The van der Waals surface area contributed by atoms with Crippen LogP contribution in [0.25, 0.3) is 0 Å². The van der Waals surface area contributed by atoms with E-state index in [1.54, 1.807) is 7.11 Å². The molecule has 2 bridgehead atoms. The van der Waals surface area contributed by atoms with Crippen LogP contribution in [0.5, 0.6) is 5.75 Å². The second-order valence-corrected chi connectivity index (χ2v) is 9.30. The quantitative estimate of drug-likeness (QED) is 0.504. The van der Waals surface area contributed by atoms with Gasteiger partial charge in [0.05, 0.1) is 6.04 Å². The second kappa shape index (κ2) is 8.71. The maximum atomic E-state index is 13.8. The van der Waals surface area contributed by atoms with Crippen molar-refractivity contribution in [3.05, 3.63) is 58.7 Å². The van der Waals surface area contributed by atoms with Gasteiger partial charge in [0.1, 0.15) is 11.7 Å². The number of nitrogens with one attached hydrogen (secondary N) is 2. The van der Waals surface area contributed by atoms with Crippen molar-refractivity contribution in [2.45, 2.75) is 45.9 Å². The summed E-state index contributed by atoms with van der Waals surface area (Å²) in [6.07, 6.45) is 0.772. The predicted molar refractivity (Wildman–Crippen MR) is 130 cm³/mol. The molecule has 170 valence electrons. The smallest absolute Gasteiger partial charge is 0.236 e. The molecule has 0 radical (unpaired) electrons. The minimum absolute atomic E-state index is 0.0941. The van der Waals surface area contributed by atoms with E-state index in [1.807, 2.05) is 56.9 Å². The number of hydrogen-bond donors (Lipinski definition) is 2. The fourth-order valence-electron chi connectivity index (χ4n) is 4.82. The SMILES string of the molecule is COCCCN1C(=S)N[C@H]2c3cc(C)ccc3O[C@@]1(C)[C@@H]2C(=O)Nc1ccc(C)cc1C. The van der Waals surface area contributed by atoms with Gasteiger partial charge in [-0.1, -0.05) is 35.4 Å². The Morgan fingerprint density at radius 3 is 2.66 bits per heavy atom. The molecule has 1 saturated heterocycles. The molecule has 7 heteroatoms. The lowest BCUT2D eigenvalue weighted by atomic mass is 9.78. The number of benzene rings is 2. The molecule has 2 N–H and O–H groups in total. The van der Waals surface area contributed by atoms with Gasteiger partial charge in [-0.15, -0.1) is 0 Å². The van der Waals surface area contributed by atoms with Gasteiger partial charge in [-0.05, 0) is 64.0 Å². The van der Waals surface area contributed by atoms with Crippen molar-refractivity contribution in [2.24, 2.45) is 5.92 Å². The van der Waals surface area contributed by atoms with Gasteiger partial charge in [0.2, 0.25) is 5.91 Å². The fraction of sp³-hybridized carbons (Fsp3) is 0.440. The van der Waals surface area contributed by atoms with Gasteiger partial charge in [0, 0.05) is 31.5 Å². The number of thiocarbonyl (C=S) groups is 1. The highest BCUT2D eigenvalue weighted by molar-refractivity contribution is 7.80. The zero-order valence-electron chi connectivity index (χ0n) is 19.3. The minimum Gasteiger partial charge on any atom is -0.467 e. The molecule has 32 heavy (non-hydrogen) atoms. The maximum absolute atomic E-state index is 13.8. The molecule has 0 aromatic heterocycles. The summed E-state index contributed by atoms with van der Waals surface area (Å²) >= 11 is 5.73. The third-order valence-electron chi connectivity index (χ3n) is 6.44. The van der Waals surface area contributed by atoms with Crippen molar-refractivity contribution in [1.29, 1.82) is 0 Å². The van der Waals surface area contributed by atoms with E-state index in [0.717, 1.165) is 40.1 Å². The van der Waals surface area contributed by atoms with E-state index in [4.69, 9.17) is 21.7 Å². The van der Waals surface area contributed by atoms with Crippen LogP contribution in [0.2, 0.25) is 0 Å². The van der Waals surface area contributed by atoms with E-state index in [1.165, 1.54) is 0 Å². The van der Waals surface area contributed by atoms with Gasteiger partial charge < -0.3 is 25.0 Å². The van der Waals surface area contributed by atoms with Crippen LogP contribution in [-0.2, 0) is 9.53 Å². The molecule has 2 aliphatic rings. The molecular formula is C25H31N3O3S. The van der Waals surface area contributed by atoms with Crippen molar-refractivity contribution in [3.8, 4) is 5.75 Å². The first-order valence-corrected chi connectivity index (χ1v) is 11.4. The van der Waals surface area contributed by atoms with Gasteiger partial charge in [0.25, 0.3) is 0 Å². The largest absolute Gasteiger partial charge is 0.467 e. The lowest BCUT2D eigenvalue weighted by molar-refractivity contribution is -0.149. The van der Waals surface area contributed by atoms with Crippen LogP contribution in [0, 0.1) is 26.7 Å². The number of carbonyl (C=O) groups excluding carboxylic acids is 1. The van der Waals surface area contributed by atoms with Crippen molar-refractivity contribution in [3.63, 3.8) is 0 Å². The summed E-state index contributed by atoms with van der Waals surface area (Å²) in [6.45, 7) is 9.28. The van der Waals surface area contributed by atoms with Crippen LogP contribution < -0.4 is 15.4 Å². The number of amides is 1. The molecule has 0 saturated carbocycles. The summed E-state index contributed by atoms with van der Waals surface area (Å²) in [5.74, 6) is 0.181. The van der Waals surface area contributed by atoms with Gasteiger partial charge in [-0.3, -0.25) is 4.79 Å². The zero-order valence-corrected chi connectivity index (χ0v) is 20.1. The van der Waals surface area contributed by atoms with Crippen molar-refractivity contribution >= 4 is 28.9 Å². The van der Waals surface area contributed by atoms with Crippen LogP contribution in [0.15, 0.2) is 36.4 Å². The van der Waals surface area contributed by atoms with E-state index >= 15 is 0 Å². The molecule has 1 fully saturated rings. The first-order valence-electron chi connectivity index (χ1n) is 11.0. The van der Waals surface area contributed by atoms with E-state index in [9.17, 15) is 4.79 Å². The molecule has 0 aliphatic carbocycles. The lowest BCUT2D eigenvalue weighted by Gasteiger charge is -2.56. The van der Waals surface area contributed by atoms with Crippen LogP contribution in [0.1, 0.15) is 41.6 Å². The summed E-state index contributed by atoms with van der Waals surface area (Å²) in [5.41, 5.74) is 4.15. The number of carbonyl (C=O) groups is 1. The van der Waals surface area contributed by atoms with Gasteiger partial charge >= 0.3 is 0 Å². The molecule has 4 rings (SSSR count). The minimum atomic E-state index is -0.925. The Kier molecular flexibility index (Phi) is 6.14. The highest BCUT2D eigenvalue weighted by atomic mass is 32.1. The van der Waals surface area contributed by atoms with Gasteiger partial charge in [-0.25, -0.2) is 0 Å². The van der Waals surface area contributed by atoms with Crippen LogP contribution in [-0.4, -0.2) is 41.9 Å². The number of anilines is 1. The Hall–Kier alpha value is -2.64. The molecule has 1 amide bonds. The number of aryl methyl sites for hydroxylation is 3. The molecule has 2 aliphatic heterocycles. The Morgan fingerprint density at radius 1 is 1.22 bits per heavy atom. The summed E-state index contributed by atoms with van der Waals surface area (Å²) in [5, 5.41) is 7.20. The molecule has 0 unspecified atom stereocenters. The molecular weight excluding hydrogens is 422 g/mol. The average molecular weight is 454 g/mol. The third kappa shape index (κ3) is 3.95. The Bertz CT molecular complexity index is 1060. The van der Waals surface area contributed by atoms with E-state index < -0.39 is 11.6 Å². The molecule has 6 nitrogen and oxygen atoms in total. The molecule has 0 spiro atoms. The summed E-state index contributed by atoms with van der Waals surface area (Å²) in [6, 6.07) is 11.8. The van der Waals surface area contributed by atoms with Crippen molar-refractivity contribution < 1.29 is 14.3 Å². The normalized spacial score (nSPS) is 23.8. The van der Waals surface area contributed by atoms with Crippen LogP contribution >= 0.6 is 12.2 Å². The van der Waals surface area contributed by atoms with Gasteiger partial charge in [0.15, 0.2) is 10.8 Å². The van der Waals surface area contributed by atoms with E-state index in [2.05, 4.69) is 22.8 Å². The number of methoxy groups -OCH3 is 1.